The lowest BCUT2D eigenvalue weighted by molar-refractivity contribution is 0.469. The average Bonchev–Trinajstić information content (AvgIpc) is 2.41. The van der Waals surface area contributed by atoms with E-state index in [0.717, 1.165) is 5.39 Å². The molecule has 3 rings (SSSR count). The molecule has 0 aromatic heterocycles. The first kappa shape index (κ1) is 12.6. The first-order valence-electron chi connectivity index (χ1n) is 5.75. The number of hydrogen-bond acceptors (Lipinski definition) is 5. The van der Waals surface area contributed by atoms with Crippen molar-refractivity contribution in [3.63, 3.8) is 0 Å². The van der Waals surface area contributed by atoms with Crippen molar-refractivity contribution in [3.8, 4) is 17.2 Å². The SMILES string of the molecule is O=[SH](=O)Oc1ccc2cc3c(O)ccc(O)c3cc2c1. The van der Waals surface area contributed by atoms with Crippen LogP contribution in [-0.2, 0) is 11.0 Å². The first-order valence-corrected chi connectivity index (χ1v) is 6.85. The van der Waals surface area contributed by atoms with Gasteiger partial charge in [-0.15, -0.1) is 0 Å². The Hall–Kier alpha value is -2.47. The summed E-state index contributed by atoms with van der Waals surface area (Å²) in [7, 11) is -2.97. The summed E-state index contributed by atoms with van der Waals surface area (Å²) < 4.78 is 25.7. The highest BCUT2D eigenvalue weighted by molar-refractivity contribution is 7.67. The standard InChI is InChI=1S/C14H10O5S/c15-13-3-4-14(16)12-7-9-5-10(19-20(17)18)2-1-8(9)6-11(12)13/h1-7,15-16,20H. The summed E-state index contributed by atoms with van der Waals surface area (Å²) in [5.74, 6) is 0.316. The summed E-state index contributed by atoms with van der Waals surface area (Å²) in [6.07, 6.45) is 0. The third kappa shape index (κ3) is 2.10. The molecule has 6 heteroatoms. The Balaban J connectivity index is 2.31. The maximum Gasteiger partial charge on any atom is 0.299 e. The molecule has 0 heterocycles. The minimum Gasteiger partial charge on any atom is -0.507 e. The molecule has 3 aromatic carbocycles. The molecule has 0 saturated carbocycles. The van der Waals surface area contributed by atoms with E-state index in [4.69, 9.17) is 0 Å². The molecule has 3 aromatic rings. The molecule has 0 aliphatic heterocycles. The van der Waals surface area contributed by atoms with Gasteiger partial charge in [0.2, 0.25) is 0 Å². The monoisotopic (exact) mass is 290 g/mol. The van der Waals surface area contributed by atoms with E-state index in [-0.39, 0.29) is 17.2 Å². The zero-order valence-electron chi connectivity index (χ0n) is 10.1. The Morgan fingerprint density at radius 1 is 0.800 bits per heavy atom. The van der Waals surface area contributed by atoms with Gasteiger partial charge in [0.25, 0.3) is 11.0 Å². The first-order chi connectivity index (χ1) is 9.54. The molecule has 0 saturated heterocycles. The van der Waals surface area contributed by atoms with Crippen LogP contribution in [0.4, 0.5) is 0 Å². The van der Waals surface area contributed by atoms with Crippen LogP contribution in [0, 0.1) is 0 Å². The van der Waals surface area contributed by atoms with Crippen molar-refractivity contribution in [1.82, 2.24) is 0 Å². The number of hydrogen-bond donors (Lipinski definition) is 3. The van der Waals surface area contributed by atoms with Crippen molar-refractivity contribution >= 4 is 32.5 Å². The Morgan fingerprint density at radius 3 is 2.00 bits per heavy atom. The highest BCUT2D eigenvalue weighted by Gasteiger charge is 2.07. The lowest BCUT2D eigenvalue weighted by Crippen LogP contribution is -1.89. The van der Waals surface area contributed by atoms with E-state index in [1.165, 1.54) is 18.2 Å². The summed E-state index contributed by atoms with van der Waals surface area (Å²) in [6.45, 7) is 0. The van der Waals surface area contributed by atoms with E-state index in [1.54, 1.807) is 24.3 Å². The van der Waals surface area contributed by atoms with Gasteiger partial charge in [-0.2, -0.15) is 8.42 Å². The molecular weight excluding hydrogens is 280 g/mol. The van der Waals surface area contributed by atoms with Gasteiger partial charge in [0.1, 0.15) is 17.2 Å². The highest BCUT2D eigenvalue weighted by atomic mass is 32.2. The van der Waals surface area contributed by atoms with Crippen LogP contribution in [0.25, 0.3) is 21.5 Å². The van der Waals surface area contributed by atoms with Gasteiger partial charge in [0, 0.05) is 10.8 Å². The van der Waals surface area contributed by atoms with Gasteiger partial charge in [0.05, 0.1) is 0 Å². The maximum atomic E-state index is 10.6. The van der Waals surface area contributed by atoms with E-state index in [2.05, 4.69) is 4.18 Å². The van der Waals surface area contributed by atoms with Gasteiger partial charge in [-0.25, -0.2) is 0 Å². The van der Waals surface area contributed by atoms with E-state index in [1.807, 2.05) is 0 Å². The zero-order valence-corrected chi connectivity index (χ0v) is 11.0. The number of phenols is 2. The van der Waals surface area contributed by atoms with Gasteiger partial charge in [-0.05, 0) is 47.2 Å². The lowest BCUT2D eigenvalue weighted by Gasteiger charge is -2.07. The number of thiol groups is 1. The fourth-order valence-corrected chi connectivity index (χ4v) is 2.47. The van der Waals surface area contributed by atoms with Gasteiger partial charge >= 0.3 is 0 Å². The Morgan fingerprint density at radius 2 is 1.40 bits per heavy atom. The van der Waals surface area contributed by atoms with Gasteiger partial charge < -0.3 is 14.4 Å². The molecule has 0 spiro atoms. The van der Waals surface area contributed by atoms with Crippen LogP contribution in [0.2, 0.25) is 0 Å². The maximum absolute atomic E-state index is 10.6. The Labute approximate surface area is 115 Å². The summed E-state index contributed by atoms with van der Waals surface area (Å²) in [5, 5.41) is 22.2. The quantitative estimate of drug-likeness (QED) is 0.383. The minimum absolute atomic E-state index is 0.0425. The molecule has 0 amide bonds. The third-order valence-electron chi connectivity index (χ3n) is 3.08. The van der Waals surface area contributed by atoms with E-state index >= 15 is 0 Å². The second-order valence-electron chi connectivity index (χ2n) is 4.33. The second-order valence-corrected chi connectivity index (χ2v) is 4.96. The van der Waals surface area contributed by atoms with Crippen molar-refractivity contribution in [3.05, 3.63) is 42.5 Å². The molecule has 2 N–H and O–H groups in total. The number of phenolic OH excluding ortho intramolecular Hbond substituents is 2. The van der Waals surface area contributed by atoms with Gasteiger partial charge in [-0.3, -0.25) is 0 Å². The van der Waals surface area contributed by atoms with E-state index in [0.29, 0.717) is 16.2 Å². The molecule has 0 aliphatic carbocycles. The molecule has 0 fully saturated rings. The third-order valence-corrected chi connectivity index (χ3v) is 3.44. The molecular formula is C14H10O5S. The van der Waals surface area contributed by atoms with Crippen LogP contribution < -0.4 is 4.18 Å². The molecule has 0 unspecified atom stereocenters. The molecule has 5 nitrogen and oxygen atoms in total. The minimum atomic E-state index is -2.97. The van der Waals surface area contributed by atoms with Crippen LogP contribution >= 0.6 is 0 Å². The normalized spacial score (nSPS) is 11.2. The lowest BCUT2D eigenvalue weighted by atomic mass is 10.0. The summed E-state index contributed by atoms with van der Waals surface area (Å²) in [6, 6.07) is 11.0. The zero-order chi connectivity index (χ0) is 14.3. The summed E-state index contributed by atoms with van der Waals surface area (Å²) in [5.41, 5.74) is 0. The smallest absolute Gasteiger partial charge is 0.299 e. The summed E-state index contributed by atoms with van der Waals surface area (Å²) >= 11 is 0. The number of fused-ring (bicyclic) bond motifs is 2. The van der Waals surface area contributed by atoms with Crippen molar-refractivity contribution in [2.24, 2.45) is 0 Å². The Kier molecular flexibility index (Phi) is 2.87. The Bertz CT molecular complexity index is 891. The number of benzene rings is 3. The largest absolute Gasteiger partial charge is 0.507 e. The van der Waals surface area contributed by atoms with Crippen LogP contribution in [0.3, 0.4) is 0 Å². The predicted molar refractivity (Wildman–Crippen MR) is 75.7 cm³/mol. The molecule has 102 valence electrons. The highest BCUT2D eigenvalue weighted by Crippen LogP contribution is 2.35. The van der Waals surface area contributed by atoms with Crippen LogP contribution in [0.1, 0.15) is 0 Å². The fourth-order valence-electron chi connectivity index (χ4n) is 2.18. The average molecular weight is 290 g/mol. The van der Waals surface area contributed by atoms with Crippen molar-refractivity contribution in [2.45, 2.75) is 0 Å². The fraction of sp³-hybridized carbons (Fsp3) is 0. The van der Waals surface area contributed by atoms with E-state index < -0.39 is 11.0 Å². The van der Waals surface area contributed by atoms with Gasteiger partial charge in [-0.1, -0.05) is 6.07 Å². The predicted octanol–water partition coefficient (Wildman–Crippen LogP) is 2.31. The molecule has 20 heavy (non-hydrogen) atoms. The second kappa shape index (κ2) is 4.57. The van der Waals surface area contributed by atoms with Crippen LogP contribution in [0.15, 0.2) is 42.5 Å². The van der Waals surface area contributed by atoms with Gasteiger partial charge in [0.15, 0.2) is 0 Å². The number of aromatic hydroxyl groups is 2. The molecule has 0 radical (unpaired) electrons. The molecule has 0 atom stereocenters. The topological polar surface area (TPSA) is 83.8 Å². The molecule has 0 bridgehead atoms. The van der Waals surface area contributed by atoms with E-state index in [9.17, 15) is 18.6 Å². The summed E-state index contributed by atoms with van der Waals surface area (Å²) in [4.78, 5) is 0. The van der Waals surface area contributed by atoms with Crippen molar-refractivity contribution < 1.29 is 22.8 Å². The van der Waals surface area contributed by atoms with Crippen molar-refractivity contribution in [1.29, 1.82) is 0 Å². The van der Waals surface area contributed by atoms with Crippen LogP contribution in [0.5, 0.6) is 17.2 Å². The number of rotatable bonds is 2. The van der Waals surface area contributed by atoms with Crippen LogP contribution in [-0.4, -0.2) is 18.6 Å². The van der Waals surface area contributed by atoms with Crippen molar-refractivity contribution in [2.75, 3.05) is 0 Å². The molecule has 0 aliphatic rings.